The summed E-state index contributed by atoms with van der Waals surface area (Å²) in [6, 6.07) is 30.9. The number of rotatable bonds is 3. The normalized spacial score (nSPS) is 17.1. The maximum absolute atomic E-state index is 4.89. The van der Waals surface area contributed by atoms with Crippen molar-refractivity contribution in [2.45, 2.75) is 5.37 Å². The molecule has 24 heavy (non-hydrogen) atoms. The number of nitrogens with zero attached hydrogens (tertiary/aromatic N) is 2. The quantitative estimate of drug-likeness (QED) is 0.638. The van der Waals surface area contributed by atoms with Gasteiger partial charge in [0.25, 0.3) is 0 Å². The van der Waals surface area contributed by atoms with E-state index in [9.17, 15) is 0 Å². The summed E-state index contributed by atoms with van der Waals surface area (Å²) in [5, 5.41) is 1.03. The van der Waals surface area contributed by atoms with Crippen molar-refractivity contribution in [3.8, 4) is 0 Å². The van der Waals surface area contributed by atoms with Gasteiger partial charge in [-0.1, -0.05) is 103 Å². The van der Waals surface area contributed by atoms with Crippen LogP contribution < -0.4 is 0 Å². The third kappa shape index (κ3) is 3.17. The minimum atomic E-state index is 0.0223. The lowest BCUT2D eigenvalue weighted by atomic mass is 10.2. The molecule has 1 unspecified atom stereocenters. The Bertz CT molecular complexity index is 871. The van der Waals surface area contributed by atoms with Gasteiger partial charge in [0, 0.05) is 11.1 Å². The fraction of sp³-hybridized carbons (Fsp3) is 0.0476. The number of hydrogen-bond donors (Lipinski definition) is 0. The lowest BCUT2D eigenvalue weighted by Crippen LogP contribution is -2.12. The Morgan fingerprint density at radius 2 is 1.17 bits per heavy atom. The van der Waals surface area contributed by atoms with E-state index in [0.29, 0.717) is 0 Å². The van der Waals surface area contributed by atoms with Crippen molar-refractivity contribution in [1.29, 1.82) is 0 Å². The van der Waals surface area contributed by atoms with E-state index in [0.717, 1.165) is 22.0 Å². The number of amidine groups is 1. The maximum Gasteiger partial charge on any atom is 0.157 e. The summed E-state index contributed by atoms with van der Waals surface area (Å²) >= 11 is 1.70. The van der Waals surface area contributed by atoms with Crippen LogP contribution in [0.4, 0.5) is 0 Å². The predicted octanol–water partition coefficient (Wildman–Crippen LogP) is 5.33. The third-order valence-corrected chi connectivity index (χ3v) is 4.96. The first kappa shape index (κ1) is 14.9. The number of benzene rings is 3. The van der Waals surface area contributed by atoms with Crippen molar-refractivity contribution in [3.63, 3.8) is 0 Å². The van der Waals surface area contributed by atoms with Gasteiger partial charge in [-0.05, 0) is 5.56 Å². The molecule has 3 aromatic rings. The van der Waals surface area contributed by atoms with Gasteiger partial charge in [0.1, 0.15) is 10.4 Å². The highest BCUT2D eigenvalue weighted by Gasteiger charge is 2.22. The van der Waals surface area contributed by atoms with Crippen LogP contribution in [0.25, 0.3) is 0 Å². The Balaban J connectivity index is 1.79. The van der Waals surface area contributed by atoms with Crippen LogP contribution in [-0.2, 0) is 0 Å². The average molecular weight is 328 g/mol. The van der Waals surface area contributed by atoms with Gasteiger partial charge in [-0.3, -0.25) is 0 Å². The molecule has 0 radical (unpaired) electrons. The monoisotopic (exact) mass is 328 g/mol. The van der Waals surface area contributed by atoms with Crippen LogP contribution in [0.15, 0.2) is 101 Å². The predicted molar refractivity (Wildman–Crippen MR) is 103 cm³/mol. The van der Waals surface area contributed by atoms with Gasteiger partial charge in [0.15, 0.2) is 5.84 Å². The first-order chi connectivity index (χ1) is 11.9. The molecule has 1 atom stereocenters. The van der Waals surface area contributed by atoms with Gasteiger partial charge in [0.05, 0.1) is 0 Å². The zero-order valence-electron chi connectivity index (χ0n) is 13.0. The Labute approximate surface area is 146 Å². The molecule has 1 aliphatic heterocycles. The van der Waals surface area contributed by atoms with Crippen LogP contribution >= 0.6 is 11.8 Å². The Kier molecular flexibility index (Phi) is 4.26. The Hall–Kier alpha value is -2.65. The zero-order valence-corrected chi connectivity index (χ0v) is 13.9. The van der Waals surface area contributed by atoms with Gasteiger partial charge >= 0.3 is 0 Å². The molecule has 0 amide bonds. The lowest BCUT2D eigenvalue weighted by Gasteiger charge is -2.20. The molecule has 0 aliphatic carbocycles. The molecule has 0 spiro atoms. The van der Waals surface area contributed by atoms with Crippen molar-refractivity contribution in [2.75, 3.05) is 0 Å². The van der Waals surface area contributed by atoms with Crippen molar-refractivity contribution in [2.24, 2.45) is 9.98 Å². The molecule has 3 heteroatoms. The van der Waals surface area contributed by atoms with Crippen LogP contribution in [0.1, 0.15) is 22.1 Å². The smallest absolute Gasteiger partial charge is 0.157 e. The van der Waals surface area contributed by atoms with Gasteiger partial charge in [-0.15, -0.1) is 0 Å². The van der Waals surface area contributed by atoms with E-state index in [1.54, 1.807) is 11.8 Å². The van der Waals surface area contributed by atoms with Crippen molar-refractivity contribution >= 4 is 22.6 Å². The number of hydrogen-bond acceptors (Lipinski definition) is 3. The average Bonchev–Trinajstić information content (AvgIpc) is 2.70. The highest BCUT2D eigenvalue weighted by molar-refractivity contribution is 8.14. The van der Waals surface area contributed by atoms with E-state index in [1.165, 1.54) is 5.56 Å². The van der Waals surface area contributed by atoms with Gasteiger partial charge in [0.2, 0.25) is 0 Å². The summed E-state index contributed by atoms with van der Waals surface area (Å²) in [5.74, 6) is 0.794. The van der Waals surface area contributed by atoms with Gasteiger partial charge < -0.3 is 0 Å². The molecule has 0 aromatic heterocycles. The second-order valence-electron chi connectivity index (χ2n) is 5.48. The summed E-state index contributed by atoms with van der Waals surface area (Å²) in [6.07, 6.45) is 0. The summed E-state index contributed by atoms with van der Waals surface area (Å²) in [7, 11) is 0. The topological polar surface area (TPSA) is 24.7 Å². The highest BCUT2D eigenvalue weighted by Crippen LogP contribution is 2.37. The molecule has 1 heterocycles. The summed E-state index contributed by atoms with van der Waals surface area (Å²) in [4.78, 5) is 9.72. The molecular formula is C21H16N2S. The van der Waals surface area contributed by atoms with E-state index in [1.807, 2.05) is 42.5 Å². The fourth-order valence-corrected chi connectivity index (χ4v) is 3.66. The van der Waals surface area contributed by atoms with Crippen LogP contribution in [0.5, 0.6) is 0 Å². The van der Waals surface area contributed by atoms with Crippen LogP contribution in [0.2, 0.25) is 0 Å². The largest absolute Gasteiger partial charge is 0.246 e. The van der Waals surface area contributed by atoms with E-state index >= 15 is 0 Å². The van der Waals surface area contributed by atoms with Crippen molar-refractivity contribution in [1.82, 2.24) is 0 Å². The molecule has 0 saturated carbocycles. The molecule has 116 valence electrons. The van der Waals surface area contributed by atoms with Crippen LogP contribution in [-0.4, -0.2) is 10.9 Å². The van der Waals surface area contributed by atoms with E-state index in [2.05, 4.69) is 48.5 Å². The fourth-order valence-electron chi connectivity index (χ4n) is 2.59. The summed E-state index contributed by atoms with van der Waals surface area (Å²) in [6.45, 7) is 0. The Morgan fingerprint density at radius 1 is 0.625 bits per heavy atom. The summed E-state index contributed by atoms with van der Waals surface area (Å²) in [5.41, 5.74) is 3.37. The minimum absolute atomic E-state index is 0.0223. The van der Waals surface area contributed by atoms with E-state index in [-0.39, 0.29) is 5.37 Å². The molecule has 0 bridgehead atoms. The van der Waals surface area contributed by atoms with Crippen molar-refractivity contribution < 1.29 is 0 Å². The van der Waals surface area contributed by atoms with Gasteiger partial charge in [-0.25, -0.2) is 9.98 Å². The second kappa shape index (κ2) is 6.85. The highest BCUT2D eigenvalue weighted by atomic mass is 32.2. The van der Waals surface area contributed by atoms with E-state index < -0.39 is 0 Å². The molecular weight excluding hydrogens is 312 g/mol. The second-order valence-corrected chi connectivity index (χ2v) is 6.55. The number of aliphatic imine (C=N–C) groups is 2. The van der Waals surface area contributed by atoms with Crippen LogP contribution in [0, 0.1) is 0 Å². The standard InChI is InChI=1S/C21H16N2S/c1-4-10-16(11-5-1)19-22-20(17-12-6-2-7-13-17)24-21(23-19)18-14-8-3-9-15-18/h1-15,20H. The molecule has 1 aliphatic rings. The first-order valence-electron chi connectivity index (χ1n) is 7.89. The molecule has 3 aromatic carbocycles. The maximum atomic E-state index is 4.89. The zero-order chi connectivity index (χ0) is 16.2. The molecule has 4 rings (SSSR count). The van der Waals surface area contributed by atoms with Gasteiger partial charge in [-0.2, -0.15) is 0 Å². The molecule has 0 saturated heterocycles. The van der Waals surface area contributed by atoms with E-state index in [4.69, 9.17) is 9.98 Å². The molecule has 2 nitrogen and oxygen atoms in total. The molecule has 0 N–H and O–H groups in total. The first-order valence-corrected chi connectivity index (χ1v) is 8.77. The summed E-state index contributed by atoms with van der Waals surface area (Å²) < 4.78 is 0. The van der Waals surface area contributed by atoms with Crippen molar-refractivity contribution in [3.05, 3.63) is 108 Å². The SMILES string of the molecule is c1ccc(C2=NC(c3ccccc3)SC(c3ccccc3)=N2)cc1. The van der Waals surface area contributed by atoms with Crippen LogP contribution in [0.3, 0.4) is 0 Å². The number of thioether (sulfide) groups is 1. The minimum Gasteiger partial charge on any atom is -0.246 e. The Morgan fingerprint density at radius 3 is 1.79 bits per heavy atom. The molecule has 0 fully saturated rings. The lowest BCUT2D eigenvalue weighted by molar-refractivity contribution is 1.03. The third-order valence-electron chi connectivity index (χ3n) is 3.81.